The Balaban J connectivity index is 1.70. The van der Waals surface area contributed by atoms with Crippen LogP contribution in [-0.2, 0) is 9.59 Å². The molecule has 0 bridgehead atoms. The molecule has 4 rings (SSSR count). The molecule has 1 aromatic heterocycles. The molecule has 32 heavy (non-hydrogen) atoms. The molecule has 0 radical (unpaired) electrons. The summed E-state index contributed by atoms with van der Waals surface area (Å²) in [7, 11) is 1.59. The Morgan fingerprint density at radius 3 is 2.44 bits per heavy atom. The van der Waals surface area contributed by atoms with Crippen LogP contribution in [0.3, 0.4) is 0 Å². The molecular weight excluding hydrogens is 410 g/mol. The van der Waals surface area contributed by atoms with E-state index in [1.54, 1.807) is 43.5 Å². The Hall–Kier alpha value is -4.33. The number of amides is 4. The van der Waals surface area contributed by atoms with Gasteiger partial charge in [-0.15, -0.1) is 0 Å². The van der Waals surface area contributed by atoms with Crippen molar-refractivity contribution in [2.75, 3.05) is 18.6 Å². The van der Waals surface area contributed by atoms with Gasteiger partial charge in [-0.25, -0.2) is 9.69 Å². The first kappa shape index (κ1) is 20.9. The predicted octanol–water partition coefficient (Wildman–Crippen LogP) is 3.55. The SMILES string of the molecule is CCOc1cccc(N2C(=O)NC(=O)C(=Cc3cccn3-c3ccc(OC)cc3)C2=O)c1. The van der Waals surface area contributed by atoms with E-state index in [0.29, 0.717) is 29.5 Å². The van der Waals surface area contributed by atoms with Crippen molar-refractivity contribution in [1.82, 2.24) is 9.88 Å². The Bertz CT molecular complexity index is 1210. The number of urea groups is 1. The fraction of sp³-hybridized carbons (Fsp3) is 0.125. The van der Waals surface area contributed by atoms with Crippen LogP contribution < -0.4 is 19.7 Å². The average Bonchev–Trinajstić information content (AvgIpc) is 3.25. The van der Waals surface area contributed by atoms with Crippen molar-refractivity contribution in [1.29, 1.82) is 0 Å². The molecular formula is C24H21N3O5. The van der Waals surface area contributed by atoms with E-state index in [4.69, 9.17) is 9.47 Å². The van der Waals surface area contributed by atoms with E-state index in [1.807, 2.05) is 42.0 Å². The van der Waals surface area contributed by atoms with Gasteiger partial charge in [-0.2, -0.15) is 0 Å². The number of barbiturate groups is 1. The summed E-state index contributed by atoms with van der Waals surface area (Å²) in [6, 6.07) is 16.7. The zero-order chi connectivity index (χ0) is 22.7. The molecule has 2 heterocycles. The van der Waals surface area contributed by atoms with E-state index in [2.05, 4.69) is 5.32 Å². The Labute approximate surface area is 184 Å². The van der Waals surface area contributed by atoms with Crippen LogP contribution in [0.5, 0.6) is 11.5 Å². The number of rotatable bonds is 6. The van der Waals surface area contributed by atoms with Crippen LogP contribution in [-0.4, -0.2) is 36.1 Å². The number of methoxy groups -OCH3 is 1. The minimum Gasteiger partial charge on any atom is -0.497 e. The highest BCUT2D eigenvalue weighted by Gasteiger charge is 2.37. The third-order valence-corrected chi connectivity index (χ3v) is 4.91. The summed E-state index contributed by atoms with van der Waals surface area (Å²) in [5, 5.41) is 2.24. The third kappa shape index (κ3) is 3.98. The maximum Gasteiger partial charge on any atom is 0.335 e. The predicted molar refractivity (Wildman–Crippen MR) is 119 cm³/mol. The van der Waals surface area contributed by atoms with Gasteiger partial charge < -0.3 is 14.0 Å². The minimum absolute atomic E-state index is 0.153. The van der Waals surface area contributed by atoms with Gasteiger partial charge in [0.15, 0.2) is 0 Å². The Morgan fingerprint density at radius 1 is 0.938 bits per heavy atom. The monoisotopic (exact) mass is 431 g/mol. The van der Waals surface area contributed by atoms with Crippen molar-refractivity contribution in [3.63, 3.8) is 0 Å². The number of hydrogen-bond donors (Lipinski definition) is 1. The lowest BCUT2D eigenvalue weighted by atomic mass is 10.1. The second-order valence-electron chi connectivity index (χ2n) is 6.89. The number of nitrogens with one attached hydrogen (secondary N) is 1. The van der Waals surface area contributed by atoms with Gasteiger partial charge >= 0.3 is 6.03 Å². The summed E-state index contributed by atoms with van der Waals surface area (Å²) < 4.78 is 12.5. The van der Waals surface area contributed by atoms with Gasteiger partial charge in [0.2, 0.25) is 0 Å². The number of nitrogens with zero attached hydrogens (tertiary/aromatic N) is 2. The number of carbonyl (C=O) groups is 3. The lowest BCUT2D eigenvalue weighted by Crippen LogP contribution is -2.54. The molecule has 8 nitrogen and oxygen atoms in total. The first-order valence-electron chi connectivity index (χ1n) is 9.98. The van der Waals surface area contributed by atoms with E-state index in [1.165, 1.54) is 6.08 Å². The second kappa shape index (κ2) is 8.81. The molecule has 1 aliphatic heterocycles. The first-order chi connectivity index (χ1) is 15.5. The Morgan fingerprint density at radius 2 is 1.72 bits per heavy atom. The molecule has 1 N–H and O–H groups in total. The normalized spacial score (nSPS) is 15.1. The van der Waals surface area contributed by atoms with Gasteiger partial charge in [-0.3, -0.25) is 14.9 Å². The summed E-state index contributed by atoms with van der Waals surface area (Å²) >= 11 is 0. The molecule has 3 aromatic rings. The summed E-state index contributed by atoms with van der Waals surface area (Å²) in [5.74, 6) is -0.234. The maximum atomic E-state index is 13.2. The fourth-order valence-electron chi connectivity index (χ4n) is 3.41. The van der Waals surface area contributed by atoms with Crippen molar-refractivity contribution >= 4 is 29.6 Å². The molecule has 0 aliphatic carbocycles. The largest absolute Gasteiger partial charge is 0.497 e. The van der Waals surface area contributed by atoms with Crippen LogP contribution in [0, 0.1) is 0 Å². The van der Waals surface area contributed by atoms with Gasteiger partial charge in [0.05, 0.1) is 19.4 Å². The molecule has 0 atom stereocenters. The molecule has 0 unspecified atom stereocenters. The van der Waals surface area contributed by atoms with Crippen LogP contribution in [0.25, 0.3) is 11.8 Å². The van der Waals surface area contributed by atoms with Crippen LogP contribution in [0.2, 0.25) is 0 Å². The Kier molecular flexibility index (Phi) is 5.76. The summed E-state index contributed by atoms with van der Waals surface area (Å²) in [6.45, 7) is 2.28. The molecule has 1 aliphatic rings. The van der Waals surface area contributed by atoms with E-state index in [-0.39, 0.29) is 5.57 Å². The molecule has 2 aromatic carbocycles. The molecule has 4 amide bonds. The third-order valence-electron chi connectivity index (χ3n) is 4.91. The van der Waals surface area contributed by atoms with Crippen molar-refractivity contribution in [2.24, 2.45) is 0 Å². The molecule has 162 valence electrons. The zero-order valence-corrected chi connectivity index (χ0v) is 17.6. The summed E-state index contributed by atoms with van der Waals surface area (Å²) in [5.41, 5.74) is 1.58. The number of anilines is 1. The van der Waals surface area contributed by atoms with Crippen molar-refractivity contribution in [3.8, 4) is 17.2 Å². The van der Waals surface area contributed by atoms with Crippen molar-refractivity contribution in [2.45, 2.75) is 6.92 Å². The average molecular weight is 431 g/mol. The maximum absolute atomic E-state index is 13.2. The number of aromatic nitrogens is 1. The van der Waals surface area contributed by atoms with Gasteiger partial charge in [0.1, 0.15) is 17.1 Å². The van der Waals surface area contributed by atoms with Crippen LogP contribution in [0.4, 0.5) is 10.5 Å². The van der Waals surface area contributed by atoms with Crippen molar-refractivity contribution < 1.29 is 23.9 Å². The van der Waals surface area contributed by atoms with Gasteiger partial charge in [-0.05, 0) is 61.5 Å². The molecule has 1 fully saturated rings. The van der Waals surface area contributed by atoms with Gasteiger partial charge in [-0.1, -0.05) is 6.07 Å². The highest BCUT2D eigenvalue weighted by molar-refractivity contribution is 6.39. The van der Waals surface area contributed by atoms with E-state index < -0.39 is 17.8 Å². The number of hydrogen-bond acceptors (Lipinski definition) is 5. The second-order valence-corrected chi connectivity index (χ2v) is 6.89. The topological polar surface area (TPSA) is 89.9 Å². The molecule has 8 heteroatoms. The van der Waals surface area contributed by atoms with E-state index in [9.17, 15) is 14.4 Å². The van der Waals surface area contributed by atoms with Gasteiger partial charge in [0.25, 0.3) is 11.8 Å². The number of imide groups is 2. The van der Waals surface area contributed by atoms with Crippen molar-refractivity contribution in [3.05, 3.63) is 78.1 Å². The minimum atomic E-state index is -0.809. The smallest absolute Gasteiger partial charge is 0.335 e. The summed E-state index contributed by atoms with van der Waals surface area (Å²) in [4.78, 5) is 39.1. The van der Waals surface area contributed by atoms with Crippen LogP contribution in [0.15, 0.2) is 72.4 Å². The number of carbonyl (C=O) groups excluding carboxylic acids is 3. The number of ether oxygens (including phenoxy) is 2. The van der Waals surface area contributed by atoms with E-state index >= 15 is 0 Å². The standard InChI is InChI=1S/C24H21N3O5/c1-3-32-20-8-4-6-18(14-20)27-23(29)21(22(28)25-24(27)30)15-17-7-5-13-26(17)16-9-11-19(31-2)12-10-16/h4-15H,3H2,1-2H3,(H,25,28,30). The quantitative estimate of drug-likeness (QED) is 0.476. The number of benzene rings is 2. The fourth-order valence-corrected chi connectivity index (χ4v) is 3.41. The van der Waals surface area contributed by atoms with Crippen LogP contribution >= 0.6 is 0 Å². The van der Waals surface area contributed by atoms with Gasteiger partial charge in [0, 0.05) is 23.6 Å². The van der Waals surface area contributed by atoms with E-state index in [0.717, 1.165) is 10.6 Å². The zero-order valence-electron chi connectivity index (χ0n) is 17.6. The first-order valence-corrected chi connectivity index (χ1v) is 9.98. The highest BCUT2D eigenvalue weighted by Crippen LogP contribution is 2.26. The molecule has 0 saturated carbocycles. The highest BCUT2D eigenvalue weighted by atomic mass is 16.5. The van der Waals surface area contributed by atoms with Crippen LogP contribution in [0.1, 0.15) is 12.6 Å². The molecule has 1 saturated heterocycles. The lowest BCUT2D eigenvalue weighted by molar-refractivity contribution is -0.122. The molecule has 0 spiro atoms. The lowest BCUT2D eigenvalue weighted by Gasteiger charge is -2.26. The summed E-state index contributed by atoms with van der Waals surface area (Å²) in [6.07, 6.45) is 3.28.